The van der Waals surface area contributed by atoms with Gasteiger partial charge in [0.2, 0.25) is 5.91 Å². The van der Waals surface area contributed by atoms with Crippen LogP contribution in [0.25, 0.3) is 0 Å². The number of nitro groups is 2. The summed E-state index contributed by atoms with van der Waals surface area (Å²) in [6, 6.07) is 11.0. The molecule has 1 N–H and O–H groups in total. The molecule has 6 rings (SSSR count). The number of aliphatic hydroxyl groups is 1. The zero-order chi connectivity index (χ0) is 36.8. The molecule has 272 valence electrons. The lowest BCUT2D eigenvalue weighted by molar-refractivity contribution is -0.879. The predicted molar refractivity (Wildman–Crippen MR) is 185 cm³/mol. The number of fused-ring (bicyclic) bond motifs is 1. The fraction of sp³-hybridized carbons (Fsp3) is 0.514. The first-order valence-electron chi connectivity index (χ1n) is 17.0. The Hall–Kier alpha value is -4.54. The first-order chi connectivity index (χ1) is 24.1. The second kappa shape index (κ2) is 14.2. The van der Waals surface area contributed by atoms with Gasteiger partial charge in [0.1, 0.15) is 18.9 Å². The number of aliphatic hydroxyl groups excluding tert-OH is 1. The fourth-order valence-corrected chi connectivity index (χ4v) is 9.47. The molecule has 0 aliphatic carbocycles. The lowest BCUT2D eigenvalue weighted by atomic mass is 9.79. The van der Waals surface area contributed by atoms with Gasteiger partial charge in [-0.05, 0) is 48.7 Å². The molecule has 3 saturated heterocycles. The predicted octanol–water partition coefficient (Wildman–Crippen LogP) is 4.22. The number of carbonyl (C=O) groups excluding carboxylic acids is 3. The van der Waals surface area contributed by atoms with Gasteiger partial charge in [-0.2, -0.15) is 0 Å². The highest BCUT2D eigenvalue weighted by Crippen LogP contribution is 2.53. The number of thioether (sulfide) groups is 1. The molecule has 7 atom stereocenters. The molecule has 2 aromatic rings. The summed E-state index contributed by atoms with van der Waals surface area (Å²) < 4.78 is 12.2. The molecule has 3 fully saturated rings. The maximum Gasteiger partial charge on any atom is 0.410 e. The number of amides is 2. The topological polar surface area (TPSA) is 183 Å². The molecular weight excluding hydrogens is 682 g/mol. The Morgan fingerprint density at radius 2 is 1.57 bits per heavy atom. The zero-order valence-electron chi connectivity index (χ0n) is 28.9. The van der Waals surface area contributed by atoms with E-state index < -0.39 is 40.0 Å². The van der Waals surface area contributed by atoms with E-state index >= 15 is 0 Å². The first-order valence-corrected chi connectivity index (χ1v) is 17.8. The molecule has 2 aromatic carbocycles. The summed E-state index contributed by atoms with van der Waals surface area (Å²) in [7, 11) is 4.33. The molecule has 15 nitrogen and oxygen atoms in total. The van der Waals surface area contributed by atoms with E-state index in [9.17, 15) is 39.7 Å². The van der Waals surface area contributed by atoms with Gasteiger partial charge < -0.3 is 28.9 Å². The highest BCUT2D eigenvalue weighted by molar-refractivity contribution is 8.03. The first kappa shape index (κ1) is 36.3. The lowest BCUT2D eigenvalue weighted by Gasteiger charge is -2.46. The van der Waals surface area contributed by atoms with Crippen molar-refractivity contribution in [2.75, 3.05) is 33.7 Å². The van der Waals surface area contributed by atoms with E-state index in [2.05, 4.69) is 14.1 Å². The number of likely N-dealkylation sites (tertiary alicyclic amines) is 2. The van der Waals surface area contributed by atoms with E-state index in [0.717, 1.165) is 24.0 Å². The molecule has 0 unspecified atom stereocenters. The summed E-state index contributed by atoms with van der Waals surface area (Å²) in [6.07, 6.45) is 0.175. The summed E-state index contributed by atoms with van der Waals surface area (Å²) in [4.78, 5) is 65.7. The number of benzene rings is 2. The molecule has 51 heavy (non-hydrogen) atoms. The van der Waals surface area contributed by atoms with Crippen LogP contribution in [0, 0.1) is 38.0 Å². The molecule has 0 bridgehead atoms. The molecule has 16 heteroatoms. The van der Waals surface area contributed by atoms with Gasteiger partial charge in [-0.3, -0.25) is 25.0 Å². The number of β-lactam (4-membered cyclic amide) rings is 1. The van der Waals surface area contributed by atoms with Crippen LogP contribution in [0.3, 0.4) is 0 Å². The average Bonchev–Trinajstić information content (AvgIpc) is 3.74. The molecule has 4 heterocycles. The number of esters is 1. The third-order valence-electron chi connectivity index (χ3n) is 10.5. The van der Waals surface area contributed by atoms with Crippen molar-refractivity contribution in [3.8, 4) is 0 Å². The van der Waals surface area contributed by atoms with E-state index in [1.54, 1.807) is 24.0 Å². The number of quaternary nitrogens is 1. The molecule has 4 aliphatic heterocycles. The number of non-ortho nitro benzene ring substituents is 2. The third-order valence-corrected chi connectivity index (χ3v) is 12.0. The van der Waals surface area contributed by atoms with E-state index in [1.165, 1.54) is 53.1 Å². The van der Waals surface area contributed by atoms with Crippen molar-refractivity contribution < 1.29 is 43.3 Å². The van der Waals surface area contributed by atoms with E-state index in [-0.39, 0.29) is 59.3 Å². The number of nitrogens with zero attached hydrogens (tertiary/aromatic N) is 5. The summed E-state index contributed by atoms with van der Waals surface area (Å²) in [6.45, 7) is 5.49. The summed E-state index contributed by atoms with van der Waals surface area (Å²) in [5, 5.41) is 32.4. The molecule has 2 amide bonds. The van der Waals surface area contributed by atoms with Crippen molar-refractivity contribution in [1.29, 1.82) is 0 Å². The van der Waals surface area contributed by atoms with Gasteiger partial charge in [-0.25, -0.2) is 9.59 Å². The van der Waals surface area contributed by atoms with Crippen LogP contribution >= 0.6 is 11.8 Å². The van der Waals surface area contributed by atoms with Crippen LogP contribution in [0.4, 0.5) is 16.2 Å². The Bertz CT molecular complexity index is 1750. The molecular formula is C35H42N5O10S+. The van der Waals surface area contributed by atoms with Crippen molar-refractivity contribution >= 4 is 41.1 Å². The van der Waals surface area contributed by atoms with Crippen LogP contribution in [-0.4, -0.2) is 104 Å². The molecule has 0 aromatic heterocycles. The molecule has 4 aliphatic rings. The number of ether oxygens (including phenoxy) is 2. The molecule has 0 radical (unpaired) electrons. The van der Waals surface area contributed by atoms with Gasteiger partial charge in [0.05, 0.1) is 55.1 Å². The number of rotatable bonds is 11. The number of carbonyl (C=O) groups is 3. The van der Waals surface area contributed by atoms with Crippen LogP contribution < -0.4 is 0 Å². The standard InChI is InChI=1S/C35H42N5O10S/c1-20-30-29(21(2)41)33(42)37(30)31(34(43)49-18-22-5-9-25(10-6-22)38(45)46)32(20)51-27-15-28(24-13-14-40(3,4)17-24)36(16-27)35(44)50-19-23-7-11-26(12-8-23)39(47)48/h5-12,20-21,24,27-30,41H,13-19H2,1-4H3/q+1/t20-,21-,24+,27+,28+,29-,30-/m1/s1. The van der Waals surface area contributed by atoms with Gasteiger partial charge in [0.25, 0.3) is 11.4 Å². The Kier molecular flexibility index (Phi) is 10.1. The second-order valence-corrected chi connectivity index (χ2v) is 15.9. The van der Waals surface area contributed by atoms with Crippen molar-refractivity contribution in [3.05, 3.63) is 90.5 Å². The average molecular weight is 725 g/mol. The highest BCUT2D eigenvalue weighted by atomic mass is 32.2. The van der Waals surface area contributed by atoms with E-state index in [4.69, 9.17) is 9.47 Å². The minimum Gasteiger partial charge on any atom is -0.456 e. The zero-order valence-corrected chi connectivity index (χ0v) is 29.7. The van der Waals surface area contributed by atoms with E-state index in [0.29, 0.717) is 29.0 Å². The molecule has 0 spiro atoms. The summed E-state index contributed by atoms with van der Waals surface area (Å²) >= 11 is 1.46. The van der Waals surface area contributed by atoms with Crippen LogP contribution in [0.1, 0.15) is 37.8 Å². The largest absolute Gasteiger partial charge is 0.456 e. The summed E-state index contributed by atoms with van der Waals surface area (Å²) in [5.41, 5.74) is 1.16. The van der Waals surface area contributed by atoms with Crippen molar-refractivity contribution in [3.63, 3.8) is 0 Å². The number of nitro benzene ring substituents is 2. The Balaban J connectivity index is 1.22. The minimum absolute atomic E-state index is 0.0451. The molecule has 0 saturated carbocycles. The number of hydrogen-bond acceptors (Lipinski definition) is 11. The Labute approximate surface area is 299 Å². The van der Waals surface area contributed by atoms with E-state index in [1.807, 2.05) is 6.92 Å². The van der Waals surface area contributed by atoms with Gasteiger partial charge in [0.15, 0.2) is 0 Å². The lowest BCUT2D eigenvalue weighted by Crippen LogP contribution is -2.63. The van der Waals surface area contributed by atoms with Crippen molar-refractivity contribution in [1.82, 2.24) is 9.80 Å². The van der Waals surface area contributed by atoms with Crippen molar-refractivity contribution in [2.24, 2.45) is 17.8 Å². The maximum atomic E-state index is 13.7. The van der Waals surface area contributed by atoms with Gasteiger partial charge >= 0.3 is 12.1 Å². The van der Waals surface area contributed by atoms with Crippen LogP contribution in [0.15, 0.2) is 59.1 Å². The third kappa shape index (κ3) is 7.30. The fourth-order valence-electron chi connectivity index (χ4n) is 7.94. The van der Waals surface area contributed by atoms with Crippen LogP contribution in [-0.2, 0) is 32.3 Å². The maximum absolute atomic E-state index is 13.7. The quantitative estimate of drug-likeness (QED) is 0.115. The number of hydrogen-bond donors (Lipinski definition) is 1. The van der Waals surface area contributed by atoms with Crippen LogP contribution in [0.2, 0.25) is 0 Å². The SMILES string of the molecule is C[C@@H](O)[C@H]1C(=O)N2C(C(=O)OCc3ccc([N+](=O)[O-])cc3)=C(S[C@H]3C[C@@H]([C@H]4CC[N+](C)(C)C4)N(C(=O)OCc4ccc([N+](=O)[O-])cc4)C3)[C@H](C)[C@H]12. The minimum atomic E-state index is -0.913. The van der Waals surface area contributed by atoms with Gasteiger partial charge in [-0.1, -0.05) is 6.92 Å². The highest BCUT2D eigenvalue weighted by Gasteiger charge is 2.61. The Morgan fingerprint density at radius 3 is 2.08 bits per heavy atom. The van der Waals surface area contributed by atoms with Crippen molar-refractivity contribution in [2.45, 2.75) is 63.3 Å². The monoisotopic (exact) mass is 724 g/mol. The Morgan fingerprint density at radius 1 is 1.00 bits per heavy atom. The van der Waals surface area contributed by atoms with Crippen LogP contribution in [0.5, 0.6) is 0 Å². The summed E-state index contributed by atoms with van der Waals surface area (Å²) in [5.74, 6) is -1.79. The smallest absolute Gasteiger partial charge is 0.410 e. The second-order valence-electron chi connectivity index (χ2n) is 14.5. The van der Waals surface area contributed by atoms with Gasteiger partial charge in [0, 0.05) is 65.3 Å². The van der Waals surface area contributed by atoms with Gasteiger partial charge in [-0.15, -0.1) is 11.8 Å². The normalized spacial score (nSPS) is 27.2.